The van der Waals surface area contributed by atoms with Crippen LogP contribution < -0.4 is 0 Å². The van der Waals surface area contributed by atoms with E-state index in [1.165, 1.54) is 31.3 Å². The molecule has 0 N–H and O–H groups in total. The van der Waals surface area contributed by atoms with Gasteiger partial charge in [0, 0.05) is 6.08 Å². The number of allylic oxidation sites excluding steroid dienone is 1. The molecule has 0 saturated heterocycles. The van der Waals surface area contributed by atoms with Crippen LogP contribution in [0.5, 0.6) is 0 Å². The molecule has 2 nitrogen and oxygen atoms in total. The van der Waals surface area contributed by atoms with E-state index in [2.05, 4.69) is 13.8 Å². The fraction of sp³-hybridized carbons (Fsp3) is 0.800. The maximum Gasteiger partial charge on any atom is 0.330 e. The summed E-state index contributed by atoms with van der Waals surface area (Å²) in [5, 5.41) is 0. The second-order valence-corrected chi connectivity index (χ2v) is 4.85. The smallest absolute Gasteiger partial charge is 0.330 e. The van der Waals surface area contributed by atoms with Gasteiger partial charge in [-0.1, -0.05) is 38.7 Å². The summed E-state index contributed by atoms with van der Waals surface area (Å²) in [4.78, 5) is 11.6. The molecular formula is C15H28O2. The normalized spacial score (nSPS) is 11.9. The second-order valence-electron chi connectivity index (χ2n) is 4.85. The van der Waals surface area contributed by atoms with Crippen LogP contribution >= 0.6 is 0 Å². The fourth-order valence-electron chi connectivity index (χ4n) is 1.71. The van der Waals surface area contributed by atoms with Gasteiger partial charge in [0.25, 0.3) is 0 Å². The predicted molar refractivity (Wildman–Crippen MR) is 73.0 cm³/mol. The minimum atomic E-state index is -0.178. The highest BCUT2D eigenvalue weighted by Gasteiger charge is 2.05. The zero-order valence-corrected chi connectivity index (χ0v) is 11.9. The first-order valence-corrected chi connectivity index (χ1v) is 7.00. The van der Waals surface area contributed by atoms with E-state index in [0.29, 0.717) is 0 Å². The van der Waals surface area contributed by atoms with Crippen LogP contribution in [0.25, 0.3) is 0 Å². The van der Waals surface area contributed by atoms with Gasteiger partial charge in [-0.05, 0) is 39.5 Å². The van der Waals surface area contributed by atoms with Crippen molar-refractivity contribution >= 4 is 5.97 Å². The van der Waals surface area contributed by atoms with Crippen LogP contribution in [0.2, 0.25) is 0 Å². The van der Waals surface area contributed by atoms with Crippen LogP contribution in [0.4, 0.5) is 0 Å². The maximum atomic E-state index is 11.6. The summed E-state index contributed by atoms with van der Waals surface area (Å²) in [6.45, 7) is 8.14. The van der Waals surface area contributed by atoms with E-state index in [1.807, 2.05) is 13.8 Å². The highest BCUT2D eigenvalue weighted by Crippen LogP contribution is 2.16. The van der Waals surface area contributed by atoms with Gasteiger partial charge in [-0.3, -0.25) is 0 Å². The predicted octanol–water partition coefficient (Wildman–Crippen LogP) is 4.63. The molecule has 0 saturated carbocycles. The molecule has 0 spiro atoms. The summed E-state index contributed by atoms with van der Waals surface area (Å²) >= 11 is 0. The second kappa shape index (κ2) is 10.4. The molecule has 0 aliphatic heterocycles. The lowest BCUT2D eigenvalue weighted by molar-refractivity contribution is -0.141. The Labute approximate surface area is 106 Å². The molecule has 0 atom stereocenters. The molecule has 0 aromatic carbocycles. The monoisotopic (exact) mass is 240 g/mol. The van der Waals surface area contributed by atoms with Crippen LogP contribution in [-0.4, -0.2) is 12.1 Å². The molecule has 0 fully saturated rings. The van der Waals surface area contributed by atoms with Gasteiger partial charge in [-0.2, -0.15) is 0 Å². The molecule has 0 aliphatic rings. The minimum Gasteiger partial charge on any atom is -0.460 e. The maximum absolute atomic E-state index is 11.6. The molecular weight excluding hydrogens is 212 g/mol. The van der Waals surface area contributed by atoms with Gasteiger partial charge in [-0.25, -0.2) is 4.79 Å². The van der Waals surface area contributed by atoms with Crippen molar-refractivity contribution in [2.75, 3.05) is 0 Å². The van der Waals surface area contributed by atoms with Gasteiger partial charge >= 0.3 is 5.97 Å². The quantitative estimate of drug-likeness (QED) is 0.333. The first kappa shape index (κ1) is 16.2. The number of rotatable bonds is 9. The van der Waals surface area contributed by atoms with Gasteiger partial charge in [-0.15, -0.1) is 0 Å². The van der Waals surface area contributed by atoms with E-state index in [4.69, 9.17) is 4.74 Å². The molecule has 0 amide bonds. The summed E-state index contributed by atoms with van der Waals surface area (Å²) in [5.74, 6) is -0.178. The Morgan fingerprint density at radius 2 is 1.65 bits per heavy atom. The summed E-state index contributed by atoms with van der Waals surface area (Å²) in [7, 11) is 0. The zero-order chi connectivity index (χ0) is 13.1. The summed E-state index contributed by atoms with van der Waals surface area (Å²) < 4.78 is 5.15. The topological polar surface area (TPSA) is 26.3 Å². The SMILES string of the molecule is CCCCC/C(=C\C(=O)OC(C)C)CCCC. The van der Waals surface area contributed by atoms with E-state index in [-0.39, 0.29) is 12.1 Å². The largest absolute Gasteiger partial charge is 0.460 e. The first-order valence-electron chi connectivity index (χ1n) is 7.00. The average Bonchev–Trinajstić information content (AvgIpc) is 2.24. The van der Waals surface area contributed by atoms with E-state index >= 15 is 0 Å². The Morgan fingerprint density at radius 1 is 1.06 bits per heavy atom. The van der Waals surface area contributed by atoms with E-state index < -0.39 is 0 Å². The number of carbonyl (C=O) groups excluding carboxylic acids is 1. The lowest BCUT2D eigenvalue weighted by Gasteiger charge is -2.09. The number of hydrogen-bond acceptors (Lipinski definition) is 2. The van der Waals surface area contributed by atoms with Crippen LogP contribution in [-0.2, 0) is 9.53 Å². The zero-order valence-electron chi connectivity index (χ0n) is 11.9. The van der Waals surface area contributed by atoms with E-state index in [9.17, 15) is 4.79 Å². The average molecular weight is 240 g/mol. The molecule has 0 aliphatic carbocycles. The van der Waals surface area contributed by atoms with Crippen molar-refractivity contribution in [2.45, 2.75) is 78.7 Å². The number of esters is 1. The summed E-state index contributed by atoms with van der Waals surface area (Å²) in [5.41, 5.74) is 1.26. The molecule has 0 aromatic rings. The van der Waals surface area contributed by atoms with Crippen molar-refractivity contribution in [1.82, 2.24) is 0 Å². The Hall–Kier alpha value is -0.790. The summed E-state index contributed by atoms with van der Waals surface area (Å²) in [6, 6.07) is 0. The van der Waals surface area contributed by atoms with Crippen molar-refractivity contribution in [3.63, 3.8) is 0 Å². The van der Waals surface area contributed by atoms with Crippen LogP contribution in [0.15, 0.2) is 11.6 Å². The van der Waals surface area contributed by atoms with Gasteiger partial charge in [0.05, 0.1) is 6.10 Å². The van der Waals surface area contributed by atoms with Crippen molar-refractivity contribution in [1.29, 1.82) is 0 Å². The lowest BCUT2D eigenvalue weighted by Crippen LogP contribution is -2.09. The minimum absolute atomic E-state index is 0.0261. The Morgan fingerprint density at radius 3 is 2.18 bits per heavy atom. The third-order valence-electron chi connectivity index (χ3n) is 2.63. The molecule has 0 radical (unpaired) electrons. The molecule has 0 bridgehead atoms. The number of unbranched alkanes of at least 4 members (excludes halogenated alkanes) is 3. The third kappa shape index (κ3) is 10.1. The molecule has 0 aromatic heterocycles. The van der Waals surface area contributed by atoms with Gasteiger partial charge in [0.15, 0.2) is 0 Å². The van der Waals surface area contributed by atoms with Gasteiger partial charge in [0.1, 0.15) is 0 Å². The molecule has 17 heavy (non-hydrogen) atoms. The Balaban J connectivity index is 4.22. The van der Waals surface area contributed by atoms with Crippen molar-refractivity contribution < 1.29 is 9.53 Å². The molecule has 0 rings (SSSR count). The van der Waals surface area contributed by atoms with Crippen LogP contribution in [0.3, 0.4) is 0 Å². The van der Waals surface area contributed by atoms with Crippen LogP contribution in [0, 0.1) is 0 Å². The van der Waals surface area contributed by atoms with Crippen LogP contribution in [0.1, 0.15) is 72.6 Å². The van der Waals surface area contributed by atoms with Gasteiger partial charge in [0.2, 0.25) is 0 Å². The van der Waals surface area contributed by atoms with E-state index in [1.54, 1.807) is 6.08 Å². The number of hydrogen-bond donors (Lipinski definition) is 0. The summed E-state index contributed by atoms with van der Waals surface area (Å²) in [6.07, 6.45) is 9.74. The molecule has 0 unspecified atom stereocenters. The number of ether oxygens (including phenoxy) is 1. The standard InChI is InChI=1S/C15H28O2/c1-5-7-9-11-14(10-8-6-2)12-15(16)17-13(3)4/h12-13H,5-11H2,1-4H3/b14-12-. The van der Waals surface area contributed by atoms with Crippen molar-refractivity contribution in [2.24, 2.45) is 0 Å². The molecule has 2 heteroatoms. The van der Waals surface area contributed by atoms with Crippen molar-refractivity contribution in [3.05, 3.63) is 11.6 Å². The van der Waals surface area contributed by atoms with Crippen molar-refractivity contribution in [3.8, 4) is 0 Å². The van der Waals surface area contributed by atoms with E-state index in [0.717, 1.165) is 19.3 Å². The number of carbonyl (C=O) groups is 1. The highest BCUT2D eigenvalue weighted by molar-refractivity contribution is 5.82. The fourth-order valence-corrected chi connectivity index (χ4v) is 1.71. The first-order chi connectivity index (χ1) is 8.10. The molecule has 0 heterocycles. The highest BCUT2D eigenvalue weighted by atomic mass is 16.5. The molecule has 100 valence electrons. The Kier molecular flexibility index (Phi) is 9.89. The van der Waals surface area contributed by atoms with Gasteiger partial charge < -0.3 is 4.74 Å². The third-order valence-corrected chi connectivity index (χ3v) is 2.63. The Bertz CT molecular complexity index is 229. The lowest BCUT2D eigenvalue weighted by atomic mass is 10.0.